The molecule has 1 N–H and O–H groups in total. The fourth-order valence-corrected chi connectivity index (χ4v) is 5.69. The number of nitrogens with zero attached hydrogens (tertiary/aromatic N) is 3. The number of hydrogen-bond donors (Lipinski definition) is 1. The summed E-state index contributed by atoms with van der Waals surface area (Å²) in [6.45, 7) is 7.93. The molecule has 8 nitrogen and oxygen atoms in total. The van der Waals surface area contributed by atoms with Crippen LogP contribution in [0.2, 0.25) is 0 Å². The molecule has 168 valence electrons. The summed E-state index contributed by atoms with van der Waals surface area (Å²) in [5.74, 6) is -0.554. The third-order valence-electron chi connectivity index (χ3n) is 5.65. The Morgan fingerprint density at radius 2 is 1.73 bits per heavy atom. The molecule has 1 aromatic rings. The number of nitrogens with one attached hydrogen (secondary N) is 1. The number of hydrogen-bond acceptors (Lipinski definition) is 5. The van der Waals surface area contributed by atoms with E-state index in [4.69, 9.17) is 4.74 Å². The lowest BCUT2D eigenvalue weighted by Gasteiger charge is -2.41. The smallest absolute Gasteiger partial charge is 0.282 e. The average molecular weight is 443 g/mol. The summed E-state index contributed by atoms with van der Waals surface area (Å²) in [6.07, 6.45) is -0.272. The monoisotopic (exact) mass is 442 g/mol. The molecule has 3 atom stereocenters. The van der Waals surface area contributed by atoms with E-state index < -0.39 is 16.3 Å². The van der Waals surface area contributed by atoms with Crippen molar-refractivity contribution in [2.75, 3.05) is 39.3 Å². The van der Waals surface area contributed by atoms with Gasteiger partial charge in [-0.1, -0.05) is 18.2 Å². The lowest BCUT2D eigenvalue weighted by atomic mass is 10.2. The van der Waals surface area contributed by atoms with Gasteiger partial charge in [-0.2, -0.15) is 17.0 Å². The summed E-state index contributed by atoms with van der Waals surface area (Å²) in [7, 11) is -3.55. The van der Waals surface area contributed by atoms with Crippen molar-refractivity contribution >= 4 is 16.1 Å². The van der Waals surface area contributed by atoms with E-state index in [0.29, 0.717) is 44.8 Å². The van der Waals surface area contributed by atoms with E-state index in [2.05, 4.69) is 5.32 Å². The van der Waals surface area contributed by atoms with Crippen LogP contribution in [0.25, 0.3) is 0 Å². The fourth-order valence-electron chi connectivity index (χ4n) is 3.94. The molecular formula is C20H31FN4O4S. The molecular weight excluding hydrogens is 411 g/mol. The highest BCUT2D eigenvalue weighted by Crippen LogP contribution is 2.19. The van der Waals surface area contributed by atoms with Crippen molar-refractivity contribution in [3.05, 3.63) is 35.6 Å². The van der Waals surface area contributed by atoms with Gasteiger partial charge < -0.3 is 10.1 Å². The Hall–Kier alpha value is -1.59. The van der Waals surface area contributed by atoms with Crippen LogP contribution in [-0.4, -0.2) is 85.4 Å². The maximum absolute atomic E-state index is 13.7. The van der Waals surface area contributed by atoms with Gasteiger partial charge >= 0.3 is 0 Å². The molecule has 0 aliphatic carbocycles. The Bertz CT molecular complexity index is 835. The van der Waals surface area contributed by atoms with E-state index in [1.807, 2.05) is 18.7 Å². The molecule has 0 radical (unpaired) electrons. The largest absolute Gasteiger partial charge is 0.373 e. The highest BCUT2D eigenvalue weighted by Gasteiger charge is 2.37. The Kier molecular flexibility index (Phi) is 7.46. The average Bonchev–Trinajstić information content (AvgIpc) is 2.72. The second kappa shape index (κ2) is 9.69. The Morgan fingerprint density at radius 1 is 1.13 bits per heavy atom. The Labute approximate surface area is 178 Å². The number of amides is 1. The topological polar surface area (TPSA) is 82.2 Å². The summed E-state index contributed by atoms with van der Waals surface area (Å²) in [5, 5.41) is 2.77. The van der Waals surface area contributed by atoms with Gasteiger partial charge in [0.25, 0.3) is 10.2 Å². The molecule has 2 fully saturated rings. The molecule has 2 aliphatic rings. The van der Waals surface area contributed by atoms with Crippen LogP contribution in [0.1, 0.15) is 26.3 Å². The molecule has 30 heavy (non-hydrogen) atoms. The number of halogens is 1. The van der Waals surface area contributed by atoms with Crippen molar-refractivity contribution in [2.24, 2.45) is 0 Å². The molecule has 0 aromatic heterocycles. The number of piperazine rings is 1. The Morgan fingerprint density at radius 3 is 2.33 bits per heavy atom. The van der Waals surface area contributed by atoms with E-state index in [9.17, 15) is 17.6 Å². The first-order valence-electron chi connectivity index (χ1n) is 10.3. The fraction of sp³-hybridized carbons (Fsp3) is 0.650. The first-order valence-corrected chi connectivity index (χ1v) is 11.7. The van der Waals surface area contributed by atoms with Gasteiger partial charge in [-0.25, -0.2) is 4.39 Å². The maximum Gasteiger partial charge on any atom is 0.282 e. The van der Waals surface area contributed by atoms with Gasteiger partial charge in [0.15, 0.2) is 0 Å². The lowest BCUT2D eigenvalue weighted by Crippen LogP contribution is -2.59. The highest BCUT2D eigenvalue weighted by molar-refractivity contribution is 7.86. The van der Waals surface area contributed by atoms with E-state index >= 15 is 0 Å². The number of ether oxygens (including phenoxy) is 1. The van der Waals surface area contributed by atoms with Crippen LogP contribution in [0.4, 0.5) is 4.39 Å². The summed E-state index contributed by atoms with van der Waals surface area (Å²) in [4.78, 5) is 14.4. The molecule has 10 heteroatoms. The predicted octanol–water partition coefficient (Wildman–Crippen LogP) is 0.802. The number of carbonyl (C=O) groups excluding carboxylic acids is 1. The van der Waals surface area contributed by atoms with Crippen LogP contribution < -0.4 is 5.32 Å². The lowest BCUT2D eigenvalue weighted by molar-refractivity contribution is -0.126. The van der Waals surface area contributed by atoms with Gasteiger partial charge in [0.2, 0.25) is 5.91 Å². The van der Waals surface area contributed by atoms with Gasteiger partial charge in [0.1, 0.15) is 5.82 Å². The van der Waals surface area contributed by atoms with E-state index in [1.165, 1.54) is 14.7 Å². The minimum Gasteiger partial charge on any atom is -0.373 e. The van der Waals surface area contributed by atoms with E-state index in [-0.39, 0.29) is 30.5 Å². The molecule has 0 bridgehead atoms. The second-order valence-corrected chi connectivity index (χ2v) is 9.93. The molecule has 0 spiro atoms. The minimum atomic E-state index is -3.55. The summed E-state index contributed by atoms with van der Waals surface area (Å²) in [5.41, 5.74) is 0.433. The maximum atomic E-state index is 13.7. The first kappa shape index (κ1) is 23.1. The van der Waals surface area contributed by atoms with Gasteiger partial charge in [-0.15, -0.1) is 0 Å². The SMILES string of the molecule is CC1CN(S(=O)(=O)N2CCN(C(C)C(=O)NCc3ccccc3F)CC2)CC(C)O1. The standard InChI is InChI=1S/C20H31FN4O4S/c1-15-13-25(14-16(2)29-15)30(27,28)24-10-8-23(9-11-24)17(3)20(26)22-12-18-6-4-5-7-19(18)21/h4-7,15-17H,8-14H2,1-3H3,(H,22,26). The molecule has 0 saturated carbocycles. The molecule has 1 aromatic carbocycles. The first-order chi connectivity index (χ1) is 14.2. The van der Waals surface area contributed by atoms with Crippen LogP contribution >= 0.6 is 0 Å². The molecule has 3 unspecified atom stereocenters. The zero-order valence-electron chi connectivity index (χ0n) is 17.8. The van der Waals surface area contributed by atoms with Crippen molar-refractivity contribution in [1.82, 2.24) is 18.8 Å². The molecule has 2 saturated heterocycles. The van der Waals surface area contributed by atoms with Crippen molar-refractivity contribution in [3.63, 3.8) is 0 Å². The van der Waals surface area contributed by atoms with Crippen LogP contribution in [0.3, 0.4) is 0 Å². The summed E-state index contributed by atoms with van der Waals surface area (Å²) >= 11 is 0. The second-order valence-electron chi connectivity index (χ2n) is 8.00. The molecule has 3 rings (SSSR count). The summed E-state index contributed by atoms with van der Waals surface area (Å²) < 4.78 is 48.3. The third-order valence-corrected chi connectivity index (χ3v) is 7.62. The van der Waals surface area contributed by atoms with Crippen LogP contribution in [-0.2, 0) is 26.3 Å². The van der Waals surface area contributed by atoms with Crippen LogP contribution in [0.5, 0.6) is 0 Å². The van der Waals surface area contributed by atoms with Crippen LogP contribution in [0, 0.1) is 5.82 Å². The Balaban J connectivity index is 1.51. The summed E-state index contributed by atoms with van der Waals surface area (Å²) in [6, 6.07) is 5.90. The number of carbonyl (C=O) groups is 1. The van der Waals surface area contributed by atoms with E-state index in [0.717, 1.165) is 0 Å². The zero-order valence-corrected chi connectivity index (χ0v) is 18.6. The number of rotatable bonds is 6. The molecule has 2 aliphatic heterocycles. The number of benzene rings is 1. The van der Waals surface area contributed by atoms with Gasteiger partial charge in [0.05, 0.1) is 18.2 Å². The number of morpholine rings is 1. The predicted molar refractivity (Wildman–Crippen MR) is 111 cm³/mol. The van der Waals surface area contributed by atoms with Crippen molar-refractivity contribution in [3.8, 4) is 0 Å². The highest BCUT2D eigenvalue weighted by atomic mass is 32.2. The van der Waals surface area contributed by atoms with E-state index in [1.54, 1.807) is 25.1 Å². The van der Waals surface area contributed by atoms with Crippen molar-refractivity contribution in [1.29, 1.82) is 0 Å². The van der Waals surface area contributed by atoms with Crippen LogP contribution in [0.15, 0.2) is 24.3 Å². The third kappa shape index (κ3) is 5.36. The van der Waals surface area contributed by atoms with Gasteiger partial charge in [-0.05, 0) is 26.8 Å². The van der Waals surface area contributed by atoms with Crippen molar-refractivity contribution < 1.29 is 22.3 Å². The molecule has 1 amide bonds. The van der Waals surface area contributed by atoms with Gasteiger partial charge in [-0.3, -0.25) is 9.69 Å². The minimum absolute atomic E-state index is 0.123. The normalized spacial score (nSPS) is 25.7. The zero-order chi connectivity index (χ0) is 21.9. The van der Waals surface area contributed by atoms with Gasteiger partial charge in [0, 0.05) is 51.4 Å². The van der Waals surface area contributed by atoms with Crippen molar-refractivity contribution in [2.45, 2.75) is 45.6 Å². The quantitative estimate of drug-likeness (QED) is 0.705. The molecule has 2 heterocycles.